The van der Waals surface area contributed by atoms with E-state index in [4.69, 9.17) is 16.3 Å². The predicted molar refractivity (Wildman–Crippen MR) is 91.5 cm³/mol. The third-order valence-electron chi connectivity index (χ3n) is 4.04. The summed E-state index contributed by atoms with van der Waals surface area (Å²) in [6, 6.07) is 8.91. The van der Waals surface area contributed by atoms with Gasteiger partial charge in [0.15, 0.2) is 6.10 Å². The lowest BCUT2D eigenvalue weighted by atomic mass is 10.2. The van der Waals surface area contributed by atoms with Gasteiger partial charge < -0.3 is 14.2 Å². The molecule has 0 N–H and O–H groups in total. The largest absolute Gasteiger partial charge is 0.768 e. The van der Waals surface area contributed by atoms with Crippen LogP contribution in [-0.4, -0.2) is 27.3 Å². The maximum atomic E-state index is 12.9. The molecule has 0 radical (unpaired) electrons. The lowest BCUT2D eigenvalue weighted by Gasteiger charge is -2.19. The van der Waals surface area contributed by atoms with Crippen LogP contribution in [0.5, 0.6) is 5.75 Å². The van der Waals surface area contributed by atoms with Gasteiger partial charge in [-0.15, -0.1) is 0 Å². The molecule has 1 saturated heterocycles. The van der Waals surface area contributed by atoms with Crippen LogP contribution in [0.2, 0.25) is 5.02 Å². The number of alkyl halides is 3. The average Bonchev–Trinajstić information content (AvgIpc) is 2.96. The van der Waals surface area contributed by atoms with E-state index in [1.165, 1.54) is 35.2 Å². The van der Waals surface area contributed by atoms with Crippen molar-refractivity contribution in [2.75, 3.05) is 11.4 Å². The van der Waals surface area contributed by atoms with Gasteiger partial charge in [0.2, 0.25) is 0 Å². The van der Waals surface area contributed by atoms with E-state index < -0.39 is 39.9 Å². The zero-order valence-electron chi connectivity index (χ0n) is 13.5. The summed E-state index contributed by atoms with van der Waals surface area (Å²) in [5.41, 5.74) is -0.569. The fraction of sp³-hybridized carbons (Fsp3) is 0.235. The van der Waals surface area contributed by atoms with Crippen LogP contribution >= 0.6 is 11.6 Å². The summed E-state index contributed by atoms with van der Waals surface area (Å²) in [6.07, 6.45) is -5.37. The average molecular weight is 419 g/mol. The number of ether oxygens (including phenoxy) is 1. The lowest BCUT2D eigenvalue weighted by Crippen LogP contribution is -2.32. The summed E-state index contributed by atoms with van der Waals surface area (Å²) in [6.45, 7) is 0.278. The number of hydrogen-bond donors (Lipinski definition) is 0. The molecular weight excluding hydrogens is 407 g/mol. The van der Waals surface area contributed by atoms with Crippen molar-refractivity contribution in [1.29, 1.82) is 0 Å². The number of carbonyl (C=O) groups is 1. The maximum Gasteiger partial charge on any atom is 0.417 e. The molecular formula is C17H12ClF3NO4S-. The van der Waals surface area contributed by atoms with Crippen LogP contribution in [0.3, 0.4) is 0 Å². The van der Waals surface area contributed by atoms with Gasteiger partial charge in [-0.3, -0.25) is 9.00 Å². The third kappa shape index (κ3) is 4.10. The molecule has 0 bridgehead atoms. The van der Waals surface area contributed by atoms with Crippen LogP contribution in [0.15, 0.2) is 47.4 Å². The Bertz CT molecular complexity index is 889. The molecule has 0 aliphatic carbocycles. The van der Waals surface area contributed by atoms with Crippen molar-refractivity contribution in [1.82, 2.24) is 0 Å². The van der Waals surface area contributed by atoms with Crippen molar-refractivity contribution in [2.24, 2.45) is 0 Å². The summed E-state index contributed by atoms with van der Waals surface area (Å²) < 4.78 is 66.0. The SMILES string of the molecule is O=C1C(Oc2cccc(C(F)(F)F)c2Cl)CCN1c1ccc(S(=O)[O-])cc1. The molecule has 2 aromatic rings. The number of halogens is 4. The normalized spacial score (nSPS) is 18.6. The van der Waals surface area contributed by atoms with Gasteiger partial charge in [0.25, 0.3) is 5.91 Å². The second-order valence-electron chi connectivity index (χ2n) is 5.73. The zero-order chi connectivity index (χ0) is 19.8. The van der Waals surface area contributed by atoms with Crippen LogP contribution in [0, 0.1) is 0 Å². The van der Waals surface area contributed by atoms with Crippen LogP contribution in [-0.2, 0) is 22.1 Å². The fourth-order valence-electron chi connectivity index (χ4n) is 2.73. The first-order valence-corrected chi connectivity index (χ1v) is 9.17. The van der Waals surface area contributed by atoms with Gasteiger partial charge in [0.05, 0.1) is 10.6 Å². The summed E-state index contributed by atoms with van der Waals surface area (Å²) in [5, 5.41) is -0.599. The van der Waals surface area contributed by atoms with E-state index >= 15 is 0 Å². The number of benzene rings is 2. The minimum Gasteiger partial charge on any atom is -0.768 e. The highest BCUT2D eigenvalue weighted by Crippen LogP contribution is 2.40. The highest BCUT2D eigenvalue weighted by Gasteiger charge is 2.37. The lowest BCUT2D eigenvalue weighted by molar-refractivity contribution is -0.137. The highest BCUT2D eigenvalue weighted by molar-refractivity contribution is 7.79. The summed E-state index contributed by atoms with van der Waals surface area (Å²) in [5.74, 6) is -0.664. The molecule has 3 rings (SSSR count). The van der Waals surface area contributed by atoms with E-state index in [0.29, 0.717) is 5.69 Å². The highest BCUT2D eigenvalue weighted by atomic mass is 35.5. The Balaban J connectivity index is 1.77. The topological polar surface area (TPSA) is 69.7 Å². The smallest absolute Gasteiger partial charge is 0.417 e. The molecule has 5 nitrogen and oxygen atoms in total. The molecule has 1 heterocycles. The molecule has 1 aliphatic rings. The Labute approximate surface area is 160 Å². The number of carbonyl (C=O) groups excluding carboxylic acids is 1. The molecule has 0 saturated carbocycles. The van der Waals surface area contributed by atoms with Gasteiger partial charge in [0.1, 0.15) is 5.75 Å². The van der Waals surface area contributed by atoms with Crippen molar-refractivity contribution in [3.8, 4) is 5.75 Å². The van der Waals surface area contributed by atoms with Crippen molar-refractivity contribution in [2.45, 2.75) is 23.6 Å². The Kier molecular flexibility index (Phi) is 5.45. The molecule has 1 amide bonds. The predicted octanol–water partition coefficient (Wildman–Crippen LogP) is 3.78. The number of hydrogen-bond acceptors (Lipinski definition) is 4. The fourth-order valence-corrected chi connectivity index (χ4v) is 3.37. The van der Waals surface area contributed by atoms with Gasteiger partial charge in [0, 0.05) is 23.5 Å². The van der Waals surface area contributed by atoms with Crippen molar-refractivity contribution < 1.29 is 31.5 Å². The van der Waals surface area contributed by atoms with Gasteiger partial charge in [-0.25, -0.2) is 0 Å². The Morgan fingerprint density at radius 2 is 1.85 bits per heavy atom. The van der Waals surface area contributed by atoms with Gasteiger partial charge in [-0.05, 0) is 47.5 Å². The molecule has 27 heavy (non-hydrogen) atoms. The Hall–Kier alpha value is -2.10. The van der Waals surface area contributed by atoms with Gasteiger partial charge in [-0.2, -0.15) is 13.2 Å². The molecule has 0 spiro atoms. The number of anilines is 1. The van der Waals surface area contributed by atoms with Crippen molar-refractivity contribution in [3.63, 3.8) is 0 Å². The zero-order valence-corrected chi connectivity index (χ0v) is 15.1. The molecule has 1 fully saturated rings. The monoisotopic (exact) mass is 418 g/mol. The molecule has 1 aliphatic heterocycles. The van der Waals surface area contributed by atoms with Crippen molar-refractivity contribution in [3.05, 3.63) is 53.1 Å². The van der Waals surface area contributed by atoms with Crippen LogP contribution in [0.25, 0.3) is 0 Å². The Morgan fingerprint density at radius 1 is 1.19 bits per heavy atom. The number of amides is 1. The first-order valence-electron chi connectivity index (χ1n) is 7.71. The summed E-state index contributed by atoms with van der Waals surface area (Å²) in [7, 11) is 0. The molecule has 10 heteroatoms. The maximum absolute atomic E-state index is 12.9. The molecule has 2 aromatic carbocycles. The van der Waals surface area contributed by atoms with E-state index in [-0.39, 0.29) is 23.6 Å². The van der Waals surface area contributed by atoms with Gasteiger partial charge >= 0.3 is 6.18 Å². The molecule has 2 atom stereocenters. The first kappa shape index (κ1) is 19.7. The second kappa shape index (κ2) is 7.49. The third-order valence-corrected chi connectivity index (χ3v) is 5.08. The number of nitrogens with zero attached hydrogens (tertiary/aromatic N) is 1. The van der Waals surface area contributed by atoms with Crippen LogP contribution in [0.4, 0.5) is 18.9 Å². The van der Waals surface area contributed by atoms with E-state index in [2.05, 4.69) is 0 Å². The van der Waals surface area contributed by atoms with Crippen molar-refractivity contribution >= 4 is 34.3 Å². The van der Waals surface area contributed by atoms with Crippen LogP contribution < -0.4 is 9.64 Å². The molecule has 0 aromatic heterocycles. The van der Waals surface area contributed by atoms with E-state index in [0.717, 1.165) is 12.1 Å². The number of rotatable bonds is 4. The standard InChI is InChI=1S/C17H13ClF3NO4S/c18-15-12(17(19,20)21)2-1-3-13(15)26-14-8-9-22(16(14)23)10-4-6-11(7-5-10)27(24)25/h1-7,14H,8-9H2,(H,24,25)/p-1. The van der Waals surface area contributed by atoms with Gasteiger partial charge in [-0.1, -0.05) is 17.7 Å². The van der Waals surface area contributed by atoms with E-state index in [1.54, 1.807) is 0 Å². The minimum atomic E-state index is -4.63. The minimum absolute atomic E-state index is 0.0777. The van der Waals surface area contributed by atoms with E-state index in [1.807, 2.05) is 0 Å². The quantitative estimate of drug-likeness (QED) is 0.708. The Morgan fingerprint density at radius 3 is 2.44 bits per heavy atom. The first-order chi connectivity index (χ1) is 12.7. The van der Waals surface area contributed by atoms with E-state index in [9.17, 15) is 26.7 Å². The molecule has 2 unspecified atom stereocenters. The summed E-state index contributed by atoms with van der Waals surface area (Å²) in [4.78, 5) is 14.0. The van der Waals surface area contributed by atoms with Crippen LogP contribution in [0.1, 0.15) is 12.0 Å². The summed E-state index contributed by atoms with van der Waals surface area (Å²) >= 11 is 3.41. The second-order valence-corrected chi connectivity index (χ2v) is 7.05. The molecule has 144 valence electrons.